The van der Waals surface area contributed by atoms with E-state index in [1.807, 2.05) is 55.5 Å². The lowest BCUT2D eigenvalue weighted by Crippen LogP contribution is -2.06. The topological polar surface area (TPSA) is 29.3 Å². The molecule has 64 valence electrons. The summed E-state index contributed by atoms with van der Waals surface area (Å²) in [7, 11) is 3.91. The first-order valence-electron chi connectivity index (χ1n) is 3.89. The Bertz CT molecular complexity index is 262. The van der Waals surface area contributed by atoms with Gasteiger partial charge in [0.1, 0.15) is 0 Å². The van der Waals surface area contributed by atoms with E-state index < -0.39 is 0 Å². The first kappa shape index (κ1) is 8.65. The third kappa shape index (κ3) is 2.31. The van der Waals surface area contributed by atoms with Crippen molar-refractivity contribution in [2.75, 3.05) is 14.1 Å². The van der Waals surface area contributed by atoms with Crippen molar-refractivity contribution in [3.8, 4) is 0 Å². The first-order chi connectivity index (χ1) is 5.70. The van der Waals surface area contributed by atoms with E-state index in [-0.39, 0.29) is 0 Å². The second kappa shape index (κ2) is 3.81. The van der Waals surface area contributed by atoms with Gasteiger partial charge in [-0.2, -0.15) is 0 Å². The molecule has 2 N–H and O–H groups in total. The van der Waals surface area contributed by atoms with Crippen LogP contribution in [-0.2, 0) is 0 Å². The summed E-state index contributed by atoms with van der Waals surface area (Å²) in [6, 6.07) is 9.93. The van der Waals surface area contributed by atoms with Crippen molar-refractivity contribution in [1.29, 1.82) is 0 Å². The zero-order chi connectivity index (χ0) is 8.97. The maximum atomic E-state index is 5.82. The van der Waals surface area contributed by atoms with Gasteiger partial charge in [-0.1, -0.05) is 30.3 Å². The second-order valence-electron chi connectivity index (χ2n) is 2.91. The molecule has 2 nitrogen and oxygen atoms in total. The van der Waals surface area contributed by atoms with Gasteiger partial charge in [-0.3, -0.25) is 0 Å². The average molecular weight is 162 g/mol. The maximum absolute atomic E-state index is 5.82. The lowest BCUT2D eigenvalue weighted by atomic mass is 10.2. The standard InChI is InChI=1S/C10H14N2/c1-12(2)8-10(11)9-6-4-3-5-7-9/h3-8H,11H2,1-2H3. The van der Waals surface area contributed by atoms with Gasteiger partial charge in [0.2, 0.25) is 0 Å². The summed E-state index contributed by atoms with van der Waals surface area (Å²) in [4.78, 5) is 1.93. The van der Waals surface area contributed by atoms with Crippen molar-refractivity contribution in [1.82, 2.24) is 4.90 Å². The molecule has 0 aliphatic carbocycles. The highest BCUT2D eigenvalue weighted by atomic mass is 15.0. The molecule has 1 aromatic rings. The van der Waals surface area contributed by atoms with Crippen LogP contribution in [0.4, 0.5) is 0 Å². The van der Waals surface area contributed by atoms with Crippen molar-refractivity contribution < 1.29 is 0 Å². The van der Waals surface area contributed by atoms with E-state index in [2.05, 4.69) is 0 Å². The van der Waals surface area contributed by atoms with Crippen LogP contribution >= 0.6 is 0 Å². The molecule has 0 aliphatic rings. The van der Waals surface area contributed by atoms with Gasteiger partial charge < -0.3 is 10.6 Å². The summed E-state index contributed by atoms with van der Waals surface area (Å²) in [5.74, 6) is 0. The van der Waals surface area contributed by atoms with Gasteiger partial charge in [0.05, 0.1) is 5.70 Å². The summed E-state index contributed by atoms with van der Waals surface area (Å²) in [6.07, 6.45) is 1.90. The number of hydrogen-bond donors (Lipinski definition) is 1. The number of rotatable bonds is 2. The lowest BCUT2D eigenvalue weighted by molar-refractivity contribution is 0.565. The van der Waals surface area contributed by atoms with Gasteiger partial charge in [0, 0.05) is 20.3 Å². The molecular formula is C10H14N2. The number of nitrogens with zero attached hydrogens (tertiary/aromatic N) is 1. The Balaban J connectivity index is 2.85. The Hall–Kier alpha value is -1.44. The molecule has 0 unspecified atom stereocenters. The molecule has 1 rings (SSSR count). The third-order valence-corrected chi connectivity index (χ3v) is 1.50. The largest absolute Gasteiger partial charge is 0.397 e. The maximum Gasteiger partial charge on any atom is 0.0549 e. The number of nitrogens with two attached hydrogens (primary N) is 1. The quantitative estimate of drug-likeness (QED) is 0.714. The smallest absolute Gasteiger partial charge is 0.0549 e. The van der Waals surface area contributed by atoms with Crippen LogP contribution in [0.25, 0.3) is 5.70 Å². The van der Waals surface area contributed by atoms with E-state index >= 15 is 0 Å². The fourth-order valence-electron chi connectivity index (χ4n) is 0.983. The van der Waals surface area contributed by atoms with E-state index in [9.17, 15) is 0 Å². The Labute approximate surface area is 73.3 Å². The molecular weight excluding hydrogens is 148 g/mol. The summed E-state index contributed by atoms with van der Waals surface area (Å²) in [5.41, 5.74) is 7.67. The van der Waals surface area contributed by atoms with E-state index in [4.69, 9.17) is 5.73 Å². The molecule has 0 atom stereocenters. The summed E-state index contributed by atoms with van der Waals surface area (Å²) >= 11 is 0. The fraction of sp³-hybridized carbons (Fsp3) is 0.200. The zero-order valence-electron chi connectivity index (χ0n) is 7.49. The van der Waals surface area contributed by atoms with Crippen LogP contribution in [0.5, 0.6) is 0 Å². The number of hydrogen-bond acceptors (Lipinski definition) is 2. The highest BCUT2D eigenvalue weighted by Crippen LogP contribution is 2.07. The van der Waals surface area contributed by atoms with Gasteiger partial charge >= 0.3 is 0 Å². The van der Waals surface area contributed by atoms with Gasteiger partial charge in [0.15, 0.2) is 0 Å². The van der Waals surface area contributed by atoms with Crippen molar-refractivity contribution in [2.24, 2.45) is 5.73 Å². The molecule has 0 bridgehead atoms. The first-order valence-corrected chi connectivity index (χ1v) is 3.89. The Morgan fingerprint density at radius 2 is 1.83 bits per heavy atom. The molecule has 12 heavy (non-hydrogen) atoms. The van der Waals surface area contributed by atoms with Crippen molar-refractivity contribution in [3.05, 3.63) is 42.1 Å². The number of benzene rings is 1. The molecule has 0 aromatic heterocycles. The van der Waals surface area contributed by atoms with Gasteiger partial charge in [-0.15, -0.1) is 0 Å². The summed E-state index contributed by atoms with van der Waals surface area (Å²) < 4.78 is 0. The van der Waals surface area contributed by atoms with Gasteiger partial charge in [-0.25, -0.2) is 0 Å². The highest BCUT2D eigenvalue weighted by molar-refractivity contribution is 5.61. The third-order valence-electron chi connectivity index (χ3n) is 1.50. The minimum Gasteiger partial charge on any atom is -0.397 e. The van der Waals surface area contributed by atoms with Crippen LogP contribution < -0.4 is 5.73 Å². The van der Waals surface area contributed by atoms with Crippen LogP contribution in [0.2, 0.25) is 0 Å². The molecule has 1 aromatic carbocycles. The minimum absolute atomic E-state index is 0.792. The SMILES string of the molecule is CN(C)C=C(N)c1ccccc1. The normalized spacial score (nSPS) is 11.3. The summed E-state index contributed by atoms with van der Waals surface area (Å²) in [5, 5.41) is 0. The molecule has 0 saturated heterocycles. The minimum atomic E-state index is 0.792. The Kier molecular flexibility index (Phi) is 2.75. The highest BCUT2D eigenvalue weighted by Gasteiger charge is 1.93. The molecule has 0 aliphatic heterocycles. The molecule has 0 spiro atoms. The molecule has 0 heterocycles. The van der Waals surface area contributed by atoms with Crippen LogP contribution in [-0.4, -0.2) is 19.0 Å². The second-order valence-corrected chi connectivity index (χ2v) is 2.91. The predicted molar refractivity (Wildman–Crippen MR) is 52.3 cm³/mol. The van der Waals surface area contributed by atoms with E-state index in [0.717, 1.165) is 11.3 Å². The molecule has 0 amide bonds. The molecule has 2 heteroatoms. The van der Waals surface area contributed by atoms with Crippen molar-refractivity contribution in [3.63, 3.8) is 0 Å². The molecule has 0 radical (unpaired) electrons. The van der Waals surface area contributed by atoms with E-state index in [1.165, 1.54) is 0 Å². The summed E-state index contributed by atoms with van der Waals surface area (Å²) in [6.45, 7) is 0. The van der Waals surface area contributed by atoms with Crippen LogP contribution in [0.15, 0.2) is 36.5 Å². The zero-order valence-corrected chi connectivity index (χ0v) is 7.49. The fourth-order valence-corrected chi connectivity index (χ4v) is 0.983. The Morgan fingerprint density at radius 1 is 1.25 bits per heavy atom. The molecule has 0 fully saturated rings. The molecule has 0 saturated carbocycles. The van der Waals surface area contributed by atoms with E-state index in [1.54, 1.807) is 0 Å². The van der Waals surface area contributed by atoms with Crippen molar-refractivity contribution in [2.45, 2.75) is 0 Å². The Morgan fingerprint density at radius 3 is 2.33 bits per heavy atom. The predicted octanol–water partition coefficient (Wildman–Crippen LogP) is 1.51. The van der Waals surface area contributed by atoms with E-state index in [0.29, 0.717) is 0 Å². The average Bonchev–Trinajstić information content (AvgIpc) is 2.05. The van der Waals surface area contributed by atoms with Crippen LogP contribution in [0.3, 0.4) is 0 Å². The van der Waals surface area contributed by atoms with Gasteiger partial charge in [-0.05, 0) is 5.56 Å². The van der Waals surface area contributed by atoms with Gasteiger partial charge in [0.25, 0.3) is 0 Å². The monoisotopic (exact) mass is 162 g/mol. The van der Waals surface area contributed by atoms with Crippen LogP contribution in [0.1, 0.15) is 5.56 Å². The van der Waals surface area contributed by atoms with Crippen LogP contribution in [0, 0.1) is 0 Å². The van der Waals surface area contributed by atoms with Crippen molar-refractivity contribution >= 4 is 5.70 Å². The lowest BCUT2D eigenvalue weighted by Gasteiger charge is -2.07.